The van der Waals surface area contributed by atoms with Gasteiger partial charge in [-0.15, -0.1) is 0 Å². The standard InChI is InChI=1S/C11H18N4O/c1-2-15-10(6-8-13-15)14-11(16)9-5-3-4-7-12-9/h6,8-9,12H,2-5,7H2,1H3,(H,14,16)/t9-/m1/s1. The molecule has 1 fully saturated rings. The molecule has 2 rings (SSSR count). The van der Waals surface area contributed by atoms with Gasteiger partial charge in [-0.1, -0.05) is 6.42 Å². The van der Waals surface area contributed by atoms with Crippen LogP contribution in [0.5, 0.6) is 0 Å². The topological polar surface area (TPSA) is 59.0 Å². The first-order chi connectivity index (χ1) is 7.81. The van der Waals surface area contributed by atoms with Crippen molar-refractivity contribution in [3.05, 3.63) is 12.3 Å². The average Bonchev–Trinajstić information content (AvgIpc) is 2.77. The first kappa shape index (κ1) is 11.1. The fraction of sp³-hybridized carbons (Fsp3) is 0.636. The molecule has 1 aliphatic rings. The third kappa shape index (κ3) is 2.41. The van der Waals surface area contributed by atoms with Crippen LogP contribution >= 0.6 is 0 Å². The number of piperidine rings is 1. The highest BCUT2D eigenvalue weighted by atomic mass is 16.2. The van der Waals surface area contributed by atoms with E-state index in [0.717, 1.165) is 38.2 Å². The number of aryl methyl sites for hydroxylation is 1. The molecule has 0 saturated carbocycles. The van der Waals surface area contributed by atoms with Gasteiger partial charge in [0.05, 0.1) is 12.2 Å². The number of aromatic nitrogens is 2. The van der Waals surface area contributed by atoms with E-state index in [9.17, 15) is 4.79 Å². The lowest BCUT2D eigenvalue weighted by atomic mass is 10.0. The normalized spacial score (nSPS) is 20.7. The first-order valence-corrected chi connectivity index (χ1v) is 5.87. The Kier molecular flexibility index (Phi) is 3.56. The fourth-order valence-corrected chi connectivity index (χ4v) is 1.98. The largest absolute Gasteiger partial charge is 0.310 e. The second-order valence-corrected chi connectivity index (χ2v) is 4.02. The smallest absolute Gasteiger partial charge is 0.242 e. The molecule has 1 aliphatic heterocycles. The summed E-state index contributed by atoms with van der Waals surface area (Å²) in [6.07, 6.45) is 4.91. The number of hydrogen-bond acceptors (Lipinski definition) is 3. The minimum absolute atomic E-state index is 0.0473. The molecule has 88 valence electrons. The van der Waals surface area contributed by atoms with Gasteiger partial charge in [-0.05, 0) is 26.3 Å². The third-order valence-corrected chi connectivity index (χ3v) is 2.89. The molecule has 1 atom stereocenters. The van der Waals surface area contributed by atoms with Crippen molar-refractivity contribution in [3.8, 4) is 0 Å². The Morgan fingerprint density at radius 1 is 1.69 bits per heavy atom. The van der Waals surface area contributed by atoms with Gasteiger partial charge >= 0.3 is 0 Å². The molecule has 2 heterocycles. The summed E-state index contributed by atoms with van der Waals surface area (Å²) >= 11 is 0. The molecule has 1 aromatic rings. The monoisotopic (exact) mass is 222 g/mol. The lowest BCUT2D eigenvalue weighted by Gasteiger charge is -2.22. The zero-order valence-corrected chi connectivity index (χ0v) is 9.57. The predicted molar refractivity (Wildman–Crippen MR) is 62.2 cm³/mol. The second-order valence-electron chi connectivity index (χ2n) is 4.02. The van der Waals surface area contributed by atoms with Gasteiger partial charge in [0.15, 0.2) is 0 Å². The van der Waals surface area contributed by atoms with E-state index in [-0.39, 0.29) is 11.9 Å². The highest BCUT2D eigenvalue weighted by molar-refractivity contribution is 5.94. The number of hydrogen-bond donors (Lipinski definition) is 2. The van der Waals surface area contributed by atoms with Crippen molar-refractivity contribution in [2.75, 3.05) is 11.9 Å². The maximum absolute atomic E-state index is 11.9. The van der Waals surface area contributed by atoms with Crippen molar-refractivity contribution >= 4 is 11.7 Å². The maximum Gasteiger partial charge on any atom is 0.242 e. The Hall–Kier alpha value is -1.36. The summed E-state index contributed by atoms with van der Waals surface area (Å²) in [6, 6.07) is 1.78. The van der Waals surface area contributed by atoms with Crippen LogP contribution in [0.25, 0.3) is 0 Å². The fourth-order valence-electron chi connectivity index (χ4n) is 1.98. The lowest BCUT2D eigenvalue weighted by Crippen LogP contribution is -2.43. The van der Waals surface area contributed by atoms with E-state index >= 15 is 0 Å². The zero-order chi connectivity index (χ0) is 11.4. The van der Waals surface area contributed by atoms with Gasteiger partial charge in [-0.25, -0.2) is 4.68 Å². The number of carbonyl (C=O) groups is 1. The SMILES string of the molecule is CCn1nccc1NC(=O)[C@H]1CCCCN1. The minimum Gasteiger partial charge on any atom is -0.310 e. The molecule has 5 heteroatoms. The molecule has 0 aliphatic carbocycles. The molecule has 2 N–H and O–H groups in total. The summed E-state index contributed by atoms with van der Waals surface area (Å²) < 4.78 is 1.78. The summed E-state index contributed by atoms with van der Waals surface area (Å²) in [5, 5.41) is 10.3. The van der Waals surface area contributed by atoms with E-state index in [1.54, 1.807) is 10.9 Å². The van der Waals surface area contributed by atoms with Crippen molar-refractivity contribution in [1.82, 2.24) is 15.1 Å². The minimum atomic E-state index is -0.0473. The molecule has 1 aromatic heterocycles. The van der Waals surface area contributed by atoms with Crippen molar-refractivity contribution in [3.63, 3.8) is 0 Å². The predicted octanol–water partition coefficient (Wildman–Crippen LogP) is 0.984. The molecule has 5 nitrogen and oxygen atoms in total. The van der Waals surface area contributed by atoms with E-state index in [2.05, 4.69) is 15.7 Å². The molecule has 0 bridgehead atoms. The Bertz CT molecular complexity index is 355. The zero-order valence-electron chi connectivity index (χ0n) is 9.57. The molecule has 16 heavy (non-hydrogen) atoms. The molecular weight excluding hydrogens is 204 g/mol. The number of nitrogens with zero attached hydrogens (tertiary/aromatic N) is 2. The molecular formula is C11H18N4O. The highest BCUT2D eigenvalue weighted by Crippen LogP contribution is 2.11. The van der Waals surface area contributed by atoms with Gasteiger partial charge in [0.25, 0.3) is 0 Å². The van der Waals surface area contributed by atoms with E-state index in [0.29, 0.717) is 0 Å². The van der Waals surface area contributed by atoms with E-state index in [1.165, 1.54) is 0 Å². The molecule has 1 amide bonds. The Morgan fingerprint density at radius 3 is 3.25 bits per heavy atom. The summed E-state index contributed by atoms with van der Waals surface area (Å²) in [5.41, 5.74) is 0. The number of carbonyl (C=O) groups excluding carboxylic acids is 1. The highest BCUT2D eigenvalue weighted by Gasteiger charge is 2.21. The quantitative estimate of drug-likeness (QED) is 0.801. The van der Waals surface area contributed by atoms with Crippen LogP contribution in [0.2, 0.25) is 0 Å². The molecule has 1 saturated heterocycles. The van der Waals surface area contributed by atoms with Crippen molar-refractivity contribution in [2.45, 2.75) is 38.8 Å². The van der Waals surface area contributed by atoms with E-state index in [4.69, 9.17) is 0 Å². The summed E-state index contributed by atoms with van der Waals surface area (Å²) in [6.45, 7) is 3.70. The van der Waals surface area contributed by atoms with Crippen LogP contribution in [0.1, 0.15) is 26.2 Å². The van der Waals surface area contributed by atoms with Crippen LogP contribution in [-0.4, -0.2) is 28.3 Å². The summed E-state index contributed by atoms with van der Waals surface area (Å²) in [7, 11) is 0. The van der Waals surface area contributed by atoms with Gasteiger partial charge in [0.1, 0.15) is 5.82 Å². The van der Waals surface area contributed by atoms with Crippen molar-refractivity contribution in [2.24, 2.45) is 0 Å². The average molecular weight is 222 g/mol. The lowest BCUT2D eigenvalue weighted by molar-refractivity contribution is -0.118. The van der Waals surface area contributed by atoms with Crippen LogP contribution in [0.3, 0.4) is 0 Å². The van der Waals surface area contributed by atoms with Crippen LogP contribution in [0.15, 0.2) is 12.3 Å². The van der Waals surface area contributed by atoms with Gasteiger partial charge in [0, 0.05) is 12.6 Å². The maximum atomic E-state index is 11.9. The van der Waals surface area contributed by atoms with Gasteiger partial charge in [-0.2, -0.15) is 5.10 Å². The Labute approximate surface area is 95.2 Å². The van der Waals surface area contributed by atoms with Crippen molar-refractivity contribution < 1.29 is 4.79 Å². The summed E-state index contributed by atoms with van der Waals surface area (Å²) in [4.78, 5) is 11.9. The Morgan fingerprint density at radius 2 is 2.56 bits per heavy atom. The molecule has 0 unspecified atom stereocenters. The number of anilines is 1. The molecule has 0 spiro atoms. The van der Waals surface area contributed by atoms with Crippen molar-refractivity contribution in [1.29, 1.82) is 0 Å². The number of nitrogens with one attached hydrogen (secondary N) is 2. The van der Waals surface area contributed by atoms with Gasteiger partial charge < -0.3 is 10.6 Å². The van der Waals surface area contributed by atoms with E-state index < -0.39 is 0 Å². The molecule has 0 aromatic carbocycles. The summed E-state index contributed by atoms with van der Waals surface area (Å²) in [5.74, 6) is 0.828. The number of amides is 1. The number of rotatable bonds is 3. The second kappa shape index (κ2) is 5.12. The van der Waals surface area contributed by atoms with Crippen LogP contribution in [0.4, 0.5) is 5.82 Å². The van der Waals surface area contributed by atoms with Crippen LogP contribution in [-0.2, 0) is 11.3 Å². The van der Waals surface area contributed by atoms with Crippen LogP contribution < -0.4 is 10.6 Å². The van der Waals surface area contributed by atoms with E-state index in [1.807, 2.05) is 13.0 Å². The third-order valence-electron chi connectivity index (χ3n) is 2.89. The van der Waals surface area contributed by atoms with Crippen LogP contribution in [0, 0.1) is 0 Å². The Balaban J connectivity index is 1.95. The molecule has 0 radical (unpaired) electrons. The first-order valence-electron chi connectivity index (χ1n) is 5.87. The van der Waals surface area contributed by atoms with Gasteiger partial charge in [-0.3, -0.25) is 4.79 Å². The van der Waals surface area contributed by atoms with Gasteiger partial charge in [0.2, 0.25) is 5.91 Å².